The topological polar surface area (TPSA) is 56.0 Å². The molecule has 16 heavy (non-hydrogen) atoms. The maximum absolute atomic E-state index is 10.7. The quantitative estimate of drug-likeness (QED) is 0.467. The summed E-state index contributed by atoms with van der Waals surface area (Å²) in [6, 6.07) is 4.59. The van der Waals surface area contributed by atoms with Gasteiger partial charge in [0.2, 0.25) is 0 Å². The van der Waals surface area contributed by atoms with Crippen molar-refractivity contribution in [3.05, 3.63) is 43.7 Å². The molecule has 4 nitrogen and oxygen atoms in total. The average molecular weight is 255 g/mol. The molecule has 2 aromatic rings. The van der Waals surface area contributed by atoms with Gasteiger partial charge >= 0.3 is 0 Å². The molecule has 0 bridgehead atoms. The van der Waals surface area contributed by atoms with E-state index in [1.54, 1.807) is 11.3 Å². The van der Waals surface area contributed by atoms with E-state index in [4.69, 9.17) is 11.6 Å². The third-order valence-corrected chi connectivity index (χ3v) is 3.07. The van der Waals surface area contributed by atoms with E-state index >= 15 is 0 Å². The highest BCUT2D eigenvalue weighted by atomic mass is 35.5. The monoisotopic (exact) mass is 254 g/mol. The van der Waals surface area contributed by atoms with Crippen molar-refractivity contribution in [2.24, 2.45) is 0 Å². The zero-order valence-corrected chi connectivity index (χ0v) is 9.88. The largest absolute Gasteiger partial charge is 0.274 e. The standard InChI is InChI=1S/C10H7ClN2O2S/c1-6-2-7(5-16-6)9-3-8(13(14)15)4-10(11)12-9/h2-5H,1H3. The van der Waals surface area contributed by atoms with Crippen LogP contribution >= 0.6 is 22.9 Å². The molecule has 0 atom stereocenters. The van der Waals surface area contributed by atoms with Gasteiger partial charge in [0.1, 0.15) is 5.15 Å². The summed E-state index contributed by atoms with van der Waals surface area (Å²) in [4.78, 5) is 15.4. The number of rotatable bonds is 2. The predicted octanol–water partition coefficient (Wildman–Crippen LogP) is 3.68. The van der Waals surface area contributed by atoms with Gasteiger partial charge in [-0.15, -0.1) is 11.3 Å². The zero-order valence-electron chi connectivity index (χ0n) is 8.31. The van der Waals surface area contributed by atoms with Crippen molar-refractivity contribution >= 4 is 28.6 Å². The fourth-order valence-electron chi connectivity index (χ4n) is 1.31. The second-order valence-corrected chi connectivity index (χ2v) is 4.74. The van der Waals surface area contributed by atoms with Crippen molar-refractivity contribution in [1.29, 1.82) is 0 Å². The molecule has 2 rings (SSSR count). The van der Waals surface area contributed by atoms with Gasteiger partial charge in [0.05, 0.1) is 16.7 Å². The molecule has 0 N–H and O–H groups in total. The molecule has 0 amide bonds. The Labute approximate surface area is 101 Å². The SMILES string of the molecule is Cc1cc(-c2cc([N+](=O)[O-])cc(Cl)n2)cs1. The Morgan fingerprint density at radius 2 is 2.19 bits per heavy atom. The fraction of sp³-hybridized carbons (Fsp3) is 0.100. The van der Waals surface area contributed by atoms with Gasteiger partial charge < -0.3 is 0 Å². The van der Waals surface area contributed by atoms with Gasteiger partial charge in [-0.2, -0.15) is 0 Å². The highest BCUT2D eigenvalue weighted by Gasteiger charge is 2.12. The van der Waals surface area contributed by atoms with E-state index in [0.717, 1.165) is 10.4 Å². The lowest BCUT2D eigenvalue weighted by Gasteiger charge is -1.98. The van der Waals surface area contributed by atoms with Crippen molar-refractivity contribution in [3.63, 3.8) is 0 Å². The van der Waals surface area contributed by atoms with E-state index in [0.29, 0.717) is 5.69 Å². The Balaban J connectivity index is 2.53. The number of hydrogen-bond acceptors (Lipinski definition) is 4. The van der Waals surface area contributed by atoms with Crippen LogP contribution in [0.15, 0.2) is 23.6 Å². The highest BCUT2D eigenvalue weighted by molar-refractivity contribution is 7.10. The first-order valence-electron chi connectivity index (χ1n) is 4.44. The number of nitro groups is 1. The molecular weight excluding hydrogens is 248 g/mol. The van der Waals surface area contributed by atoms with Crippen molar-refractivity contribution in [3.8, 4) is 11.3 Å². The van der Waals surface area contributed by atoms with Gasteiger partial charge in [-0.1, -0.05) is 11.6 Å². The van der Waals surface area contributed by atoms with Crippen LogP contribution in [0, 0.1) is 17.0 Å². The maximum Gasteiger partial charge on any atom is 0.274 e. The molecule has 0 aromatic carbocycles. The summed E-state index contributed by atoms with van der Waals surface area (Å²) < 4.78 is 0. The molecule has 0 saturated carbocycles. The number of aryl methyl sites for hydroxylation is 1. The molecule has 0 fully saturated rings. The Kier molecular flexibility index (Phi) is 2.89. The van der Waals surface area contributed by atoms with E-state index in [1.165, 1.54) is 12.1 Å². The predicted molar refractivity (Wildman–Crippen MR) is 64.0 cm³/mol. The number of halogens is 1. The van der Waals surface area contributed by atoms with E-state index in [9.17, 15) is 10.1 Å². The Morgan fingerprint density at radius 3 is 2.75 bits per heavy atom. The molecule has 0 aliphatic rings. The molecular formula is C10H7ClN2O2S. The number of pyridine rings is 1. The lowest BCUT2D eigenvalue weighted by Crippen LogP contribution is -1.91. The van der Waals surface area contributed by atoms with Crippen molar-refractivity contribution in [2.45, 2.75) is 6.92 Å². The molecule has 0 spiro atoms. The minimum Gasteiger partial charge on any atom is -0.258 e. The second kappa shape index (κ2) is 4.19. The van der Waals surface area contributed by atoms with Gasteiger partial charge in [-0.3, -0.25) is 10.1 Å². The number of hydrogen-bond donors (Lipinski definition) is 0. The van der Waals surface area contributed by atoms with Crippen LogP contribution in [-0.2, 0) is 0 Å². The first-order valence-corrected chi connectivity index (χ1v) is 5.69. The lowest BCUT2D eigenvalue weighted by atomic mass is 10.2. The normalized spacial score (nSPS) is 10.4. The molecule has 82 valence electrons. The van der Waals surface area contributed by atoms with Gasteiger partial charge in [0, 0.05) is 21.9 Å². The van der Waals surface area contributed by atoms with Crippen molar-refractivity contribution in [1.82, 2.24) is 4.98 Å². The smallest absolute Gasteiger partial charge is 0.258 e. The van der Waals surface area contributed by atoms with Crippen LogP contribution < -0.4 is 0 Å². The summed E-state index contributed by atoms with van der Waals surface area (Å²) in [6.07, 6.45) is 0. The second-order valence-electron chi connectivity index (χ2n) is 3.24. The van der Waals surface area contributed by atoms with E-state index in [2.05, 4.69) is 4.98 Å². The summed E-state index contributed by atoms with van der Waals surface area (Å²) >= 11 is 7.31. The van der Waals surface area contributed by atoms with Gasteiger partial charge in [-0.25, -0.2) is 4.98 Å². The fourth-order valence-corrected chi connectivity index (χ4v) is 2.21. The number of thiophene rings is 1. The third-order valence-electron chi connectivity index (χ3n) is 2.02. The minimum atomic E-state index is -0.476. The molecule has 6 heteroatoms. The average Bonchev–Trinajstić information content (AvgIpc) is 2.64. The summed E-state index contributed by atoms with van der Waals surface area (Å²) in [5.41, 5.74) is 1.34. The van der Waals surface area contributed by atoms with Crippen LogP contribution in [0.4, 0.5) is 5.69 Å². The molecule has 0 unspecified atom stereocenters. The van der Waals surface area contributed by atoms with E-state index in [1.807, 2.05) is 18.4 Å². The zero-order chi connectivity index (χ0) is 11.7. The van der Waals surface area contributed by atoms with Gasteiger partial charge in [-0.05, 0) is 13.0 Å². The van der Waals surface area contributed by atoms with Crippen molar-refractivity contribution in [2.75, 3.05) is 0 Å². The van der Waals surface area contributed by atoms with Crippen LogP contribution in [0.5, 0.6) is 0 Å². The van der Waals surface area contributed by atoms with Gasteiger partial charge in [0.25, 0.3) is 5.69 Å². The first-order chi connectivity index (χ1) is 7.56. The first kappa shape index (κ1) is 11.0. The van der Waals surface area contributed by atoms with Crippen LogP contribution in [0.25, 0.3) is 11.3 Å². The summed E-state index contributed by atoms with van der Waals surface area (Å²) in [7, 11) is 0. The molecule has 0 aliphatic heterocycles. The minimum absolute atomic E-state index is 0.0427. The maximum atomic E-state index is 10.7. The Hall–Kier alpha value is -1.46. The van der Waals surface area contributed by atoms with Gasteiger partial charge in [0.15, 0.2) is 0 Å². The Bertz CT molecular complexity index is 554. The van der Waals surface area contributed by atoms with E-state index in [-0.39, 0.29) is 10.8 Å². The molecule has 2 heterocycles. The van der Waals surface area contributed by atoms with Crippen LogP contribution in [0.1, 0.15) is 4.88 Å². The molecule has 0 radical (unpaired) electrons. The Morgan fingerprint density at radius 1 is 1.44 bits per heavy atom. The summed E-state index contributed by atoms with van der Waals surface area (Å²) in [6.45, 7) is 1.97. The molecule has 2 aromatic heterocycles. The summed E-state index contributed by atoms with van der Waals surface area (Å²) in [5.74, 6) is 0. The van der Waals surface area contributed by atoms with E-state index < -0.39 is 4.92 Å². The third kappa shape index (κ3) is 2.20. The molecule has 0 aliphatic carbocycles. The number of nitrogens with zero attached hydrogens (tertiary/aromatic N) is 2. The summed E-state index contributed by atoms with van der Waals surface area (Å²) in [5, 5.41) is 12.7. The van der Waals surface area contributed by atoms with Crippen LogP contribution in [0.2, 0.25) is 5.15 Å². The lowest BCUT2D eigenvalue weighted by molar-refractivity contribution is -0.384. The number of aromatic nitrogens is 1. The van der Waals surface area contributed by atoms with Crippen LogP contribution in [0.3, 0.4) is 0 Å². The van der Waals surface area contributed by atoms with Crippen LogP contribution in [-0.4, -0.2) is 9.91 Å². The highest BCUT2D eigenvalue weighted by Crippen LogP contribution is 2.28. The van der Waals surface area contributed by atoms with Crippen molar-refractivity contribution < 1.29 is 4.92 Å². The molecule has 0 saturated heterocycles.